The highest BCUT2D eigenvalue weighted by Gasteiger charge is 2.13. The van der Waals surface area contributed by atoms with Gasteiger partial charge >= 0.3 is 0 Å². The zero-order valence-corrected chi connectivity index (χ0v) is 15.8. The van der Waals surface area contributed by atoms with Crippen LogP contribution in [0.15, 0.2) is 78.9 Å². The maximum absolute atomic E-state index is 12.6. The summed E-state index contributed by atoms with van der Waals surface area (Å²) in [5, 5.41) is 6.09. The summed E-state index contributed by atoms with van der Waals surface area (Å²) in [6.07, 6.45) is 0. The third kappa shape index (κ3) is 5.67. The molecule has 0 aliphatic heterocycles. The molecule has 0 heterocycles. The Labute approximate surface area is 168 Å². The molecule has 5 nitrogen and oxygen atoms in total. The minimum atomic E-state index is -0.331. The fourth-order valence-corrected chi connectivity index (χ4v) is 2.67. The predicted molar refractivity (Wildman–Crippen MR) is 111 cm³/mol. The van der Waals surface area contributed by atoms with E-state index in [1.54, 1.807) is 48.5 Å². The van der Waals surface area contributed by atoms with Crippen LogP contribution in [0.2, 0.25) is 5.02 Å². The molecule has 2 amide bonds. The molecule has 6 heteroatoms. The maximum Gasteiger partial charge on any atom is 0.257 e. The van der Waals surface area contributed by atoms with E-state index in [4.69, 9.17) is 16.3 Å². The van der Waals surface area contributed by atoms with E-state index in [0.717, 1.165) is 5.56 Å². The Morgan fingerprint density at radius 1 is 0.821 bits per heavy atom. The van der Waals surface area contributed by atoms with Crippen LogP contribution in [0.4, 0.5) is 11.4 Å². The summed E-state index contributed by atoms with van der Waals surface area (Å²) in [6.45, 7) is 0.231. The molecule has 0 aromatic heterocycles. The van der Waals surface area contributed by atoms with Crippen LogP contribution in [0.1, 0.15) is 15.9 Å². The quantitative estimate of drug-likeness (QED) is 0.607. The third-order valence-corrected chi connectivity index (χ3v) is 4.14. The summed E-state index contributed by atoms with van der Waals surface area (Å²) < 4.78 is 5.44. The first-order valence-corrected chi connectivity index (χ1v) is 9.07. The first-order chi connectivity index (χ1) is 13.6. The van der Waals surface area contributed by atoms with Crippen molar-refractivity contribution < 1.29 is 14.3 Å². The van der Waals surface area contributed by atoms with Gasteiger partial charge in [0.15, 0.2) is 0 Å². The summed E-state index contributed by atoms with van der Waals surface area (Å²) in [5.41, 5.74) is 2.37. The van der Waals surface area contributed by atoms with Gasteiger partial charge in [-0.3, -0.25) is 9.59 Å². The average molecular weight is 395 g/mol. The Hall–Kier alpha value is -3.15. The third-order valence-electron chi connectivity index (χ3n) is 3.89. The molecular formula is C22H19ClN2O3. The number of benzene rings is 3. The van der Waals surface area contributed by atoms with E-state index in [-0.39, 0.29) is 18.4 Å². The monoisotopic (exact) mass is 394 g/mol. The van der Waals surface area contributed by atoms with Crippen molar-refractivity contribution >= 4 is 34.8 Å². The summed E-state index contributed by atoms with van der Waals surface area (Å²) in [5.74, 6) is -0.661. The van der Waals surface area contributed by atoms with E-state index in [0.29, 0.717) is 28.6 Å². The van der Waals surface area contributed by atoms with Crippen molar-refractivity contribution in [3.63, 3.8) is 0 Å². The number of amides is 2. The van der Waals surface area contributed by atoms with E-state index in [2.05, 4.69) is 10.6 Å². The second-order valence-electron chi connectivity index (χ2n) is 6.03. The Bertz CT molecular complexity index is 944. The van der Waals surface area contributed by atoms with Crippen LogP contribution in [0.25, 0.3) is 0 Å². The molecule has 0 aliphatic rings. The highest BCUT2D eigenvalue weighted by molar-refractivity contribution is 6.30. The molecule has 0 radical (unpaired) electrons. The van der Waals surface area contributed by atoms with E-state index in [1.807, 2.05) is 30.3 Å². The highest BCUT2D eigenvalue weighted by Crippen LogP contribution is 2.19. The second kappa shape index (κ2) is 9.69. The summed E-state index contributed by atoms with van der Waals surface area (Å²) in [7, 11) is 0. The maximum atomic E-state index is 12.6. The minimum absolute atomic E-state index is 0.109. The van der Waals surface area contributed by atoms with Gasteiger partial charge in [0.2, 0.25) is 5.91 Å². The van der Waals surface area contributed by atoms with Crippen molar-refractivity contribution in [2.24, 2.45) is 0 Å². The number of ether oxygens (including phenoxy) is 1. The van der Waals surface area contributed by atoms with Gasteiger partial charge in [0.1, 0.15) is 6.61 Å². The van der Waals surface area contributed by atoms with Crippen LogP contribution < -0.4 is 10.6 Å². The van der Waals surface area contributed by atoms with Crippen molar-refractivity contribution in [3.8, 4) is 0 Å². The number of hydrogen-bond acceptors (Lipinski definition) is 3. The van der Waals surface area contributed by atoms with Crippen molar-refractivity contribution in [3.05, 3.63) is 95.0 Å². The van der Waals surface area contributed by atoms with Gasteiger partial charge in [-0.05, 0) is 42.0 Å². The number of hydrogen-bond donors (Lipinski definition) is 2. The molecule has 0 fully saturated rings. The zero-order valence-electron chi connectivity index (χ0n) is 15.0. The minimum Gasteiger partial charge on any atom is -0.367 e. The van der Waals surface area contributed by atoms with E-state index >= 15 is 0 Å². The molecule has 28 heavy (non-hydrogen) atoms. The lowest BCUT2D eigenvalue weighted by Gasteiger charge is -2.12. The Morgan fingerprint density at radius 3 is 2.25 bits per heavy atom. The second-order valence-corrected chi connectivity index (χ2v) is 6.47. The standard InChI is InChI=1S/C22H19ClN2O3/c23-17-10-12-18(13-11-17)24-22(27)19-8-4-5-9-20(19)25-21(26)15-28-14-16-6-2-1-3-7-16/h1-13H,14-15H2,(H,24,27)(H,25,26). The first-order valence-electron chi connectivity index (χ1n) is 8.69. The van der Waals surface area contributed by atoms with Crippen molar-refractivity contribution in [1.82, 2.24) is 0 Å². The molecule has 0 bridgehead atoms. The van der Waals surface area contributed by atoms with Crippen LogP contribution in [0, 0.1) is 0 Å². The molecule has 3 aromatic rings. The largest absolute Gasteiger partial charge is 0.367 e. The lowest BCUT2D eigenvalue weighted by atomic mass is 10.1. The van der Waals surface area contributed by atoms with Gasteiger partial charge in [-0.1, -0.05) is 54.1 Å². The lowest BCUT2D eigenvalue weighted by Crippen LogP contribution is -2.21. The molecule has 0 saturated heterocycles. The number of carbonyl (C=O) groups is 2. The van der Waals surface area contributed by atoms with Crippen LogP contribution in [-0.2, 0) is 16.1 Å². The SMILES string of the molecule is O=C(COCc1ccccc1)Nc1ccccc1C(=O)Nc1ccc(Cl)cc1. The zero-order chi connectivity index (χ0) is 19.8. The number of halogens is 1. The van der Waals surface area contributed by atoms with Crippen LogP contribution >= 0.6 is 11.6 Å². The smallest absolute Gasteiger partial charge is 0.257 e. The van der Waals surface area contributed by atoms with Gasteiger partial charge in [0.25, 0.3) is 5.91 Å². The topological polar surface area (TPSA) is 67.4 Å². The van der Waals surface area contributed by atoms with Gasteiger partial charge in [-0.2, -0.15) is 0 Å². The fourth-order valence-electron chi connectivity index (χ4n) is 2.54. The Balaban J connectivity index is 1.59. The summed E-state index contributed by atoms with van der Waals surface area (Å²) in [6, 6.07) is 23.2. The Morgan fingerprint density at radius 2 is 1.50 bits per heavy atom. The van der Waals surface area contributed by atoms with Crippen molar-refractivity contribution in [2.45, 2.75) is 6.61 Å². The summed E-state index contributed by atoms with van der Waals surface area (Å²) in [4.78, 5) is 24.8. The molecule has 0 aliphatic carbocycles. The van der Waals surface area contributed by atoms with Gasteiger partial charge < -0.3 is 15.4 Å². The molecule has 3 rings (SSSR count). The molecule has 0 unspecified atom stereocenters. The highest BCUT2D eigenvalue weighted by atomic mass is 35.5. The summed E-state index contributed by atoms with van der Waals surface area (Å²) >= 11 is 5.86. The van der Waals surface area contributed by atoms with Gasteiger partial charge in [-0.25, -0.2) is 0 Å². The molecule has 2 N–H and O–H groups in total. The number of anilines is 2. The fraction of sp³-hybridized carbons (Fsp3) is 0.0909. The van der Waals surface area contributed by atoms with Crippen LogP contribution in [0.5, 0.6) is 0 Å². The number of para-hydroxylation sites is 1. The van der Waals surface area contributed by atoms with Crippen LogP contribution in [-0.4, -0.2) is 18.4 Å². The first kappa shape index (κ1) is 19.6. The van der Waals surface area contributed by atoms with Gasteiger partial charge in [0.05, 0.1) is 17.9 Å². The number of rotatable bonds is 7. The Kier molecular flexibility index (Phi) is 6.78. The lowest BCUT2D eigenvalue weighted by molar-refractivity contribution is -0.121. The van der Waals surface area contributed by atoms with E-state index in [1.165, 1.54) is 0 Å². The molecule has 0 saturated carbocycles. The average Bonchev–Trinajstić information content (AvgIpc) is 2.71. The van der Waals surface area contributed by atoms with Gasteiger partial charge in [-0.15, -0.1) is 0 Å². The van der Waals surface area contributed by atoms with Gasteiger partial charge in [0, 0.05) is 10.7 Å². The van der Waals surface area contributed by atoms with Crippen molar-refractivity contribution in [1.29, 1.82) is 0 Å². The molecule has 0 spiro atoms. The molecule has 142 valence electrons. The molecule has 0 atom stereocenters. The van der Waals surface area contributed by atoms with Crippen molar-refractivity contribution in [2.75, 3.05) is 17.2 Å². The van der Waals surface area contributed by atoms with E-state index < -0.39 is 0 Å². The normalized spacial score (nSPS) is 10.3. The number of carbonyl (C=O) groups excluding carboxylic acids is 2. The number of nitrogens with one attached hydrogen (secondary N) is 2. The van der Waals surface area contributed by atoms with E-state index in [9.17, 15) is 9.59 Å². The molecule has 3 aromatic carbocycles. The predicted octanol–water partition coefficient (Wildman–Crippen LogP) is 4.75. The van der Waals surface area contributed by atoms with Crippen LogP contribution in [0.3, 0.4) is 0 Å². The molecular weight excluding hydrogens is 376 g/mol.